The Balaban J connectivity index is 1.94. The summed E-state index contributed by atoms with van der Waals surface area (Å²) in [4.78, 5) is 0. The number of aromatic nitrogens is 4. The van der Waals surface area contributed by atoms with Gasteiger partial charge in [-0.1, -0.05) is 26.0 Å². The molecule has 106 valence electrons. The first kappa shape index (κ1) is 13.1. The van der Waals surface area contributed by atoms with Crippen molar-refractivity contribution in [3.05, 3.63) is 24.3 Å². The predicted octanol–water partition coefficient (Wildman–Crippen LogP) is 2.92. The first-order valence-corrected chi connectivity index (χ1v) is 7.29. The molecular formula is C15H21N5. The maximum atomic E-state index is 5.86. The molecule has 0 amide bonds. The minimum absolute atomic E-state index is 0.387. The minimum atomic E-state index is 0.387. The Labute approximate surface area is 119 Å². The van der Waals surface area contributed by atoms with Gasteiger partial charge in [-0.2, -0.15) is 0 Å². The Morgan fingerprint density at radius 1 is 1.25 bits per heavy atom. The van der Waals surface area contributed by atoms with Crippen molar-refractivity contribution in [3.8, 4) is 11.4 Å². The molecule has 3 rings (SSSR count). The first-order valence-electron chi connectivity index (χ1n) is 7.29. The van der Waals surface area contributed by atoms with Gasteiger partial charge in [0.15, 0.2) is 5.82 Å². The van der Waals surface area contributed by atoms with Gasteiger partial charge in [0.05, 0.1) is 6.04 Å². The molecule has 2 aromatic rings. The van der Waals surface area contributed by atoms with Gasteiger partial charge >= 0.3 is 0 Å². The molecular weight excluding hydrogens is 250 g/mol. The van der Waals surface area contributed by atoms with Crippen molar-refractivity contribution in [1.29, 1.82) is 0 Å². The topological polar surface area (TPSA) is 69.6 Å². The fourth-order valence-corrected chi connectivity index (χ4v) is 3.30. The molecule has 3 unspecified atom stereocenters. The van der Waals surface area contributed by atoms with Crippen molar-refractivity contribution in [2.24, 2.45) is 11.8 Å². The smallest absolute Gasteiger partial charge is 0.182 e. The Morgan fingerprint density at radius 2 is 2.10 bits per heavy atom. The lowest BCUT2D eigenvalue weighted by molar-refractivity contribution is 0.194. The van der Waals surface area contributed by atoms with E-state index in [9.17, 15) is 0 Å². The molecule has 0 spiro atoms. The molecule has 1 aliphatic rings. The molecule has 3 atom stereocenters. The van der Waals surface area contributed by atoms with Crippen LogP contribution >= 0.6 is 0 Å². The highest BCUT2D eigenvalue weighted by Crippen LogP contribution is 2.37. The summed E-state index contributed by atoms with van der Waals surface area (Å²) in [5.41, 5.74) is 7.59. The summed E-state index contributed by atoms with van der Waals surface area (Å²) in [5, 5.41) is 12.3. The molecule has 5 nitrogen and oxygen atoms in total. The third-order valence-corrected chi connectivity index (χ3v) is 4.34. The first-order chi connectivity index (χ1) is 9.65. The number of tetrazole rings is 1. The fourth-order valence-electron chi connectivity index (χ4n) is 3.30. The van der Waals surface area contributed by atoms with Crippen LogP contribution in [0.2, 0.25) is 0 Å². The molecule has 0 radical (unpaired) electrons. The highest BCUT2D eigenvalue weighted by molar-refractivity contribution is 5.60. The molecule has 0 aliphatic heterocycles. The second kappa shape index (κ2) is 5.23. The lowest BCUT2D eigenvalue weighted by Crippen LogP contribution is -2.26. The summed E-state index contributed by atoms with van der Waals surface area (Å²) >= 11 is 0. The largest absolute Gasteiger partial charge is 0.399 e. The Morgan fingerprint density at radius 3 is 2.85 bits per heavy atom. The normalized spacial score (nSPS) is 26.6. The molecule has 1 aromatic heterocycles. The molecule has 0 saturated heterocycles. The van der Waals surface area contributed by atoms with Crippen molar-refractivity contribution in [3.63, 3.8) is 0 Å². The lowest BCUT2D eigenvalue weighted by Gasteiger charge is -2.32. The zero-order chi connectivity index (χ0) is 14.1. The molecule has 1 saturated carbocycles. The summed E-state index contributed by atoms with van der Waals surface area (Å²) in [6.07, 6.45) is 3.62. The van der Waals surface area contributed by atoms with E-state index in [2.05, 4.69) is 29.4 Å². The number of nitrogen functional groups attached to an aromatic ring is 1. The van der Waals surface area contributed by atoms with Crippen LogP contribution in [0.25, 0.3) is 11.4 Å². The van der Waals surface area contributed by atoms with Crippen molar-refractivity contribution >= 4 is 5.69 Å². The van der Waals surface area contributed by atoms with E-state index in [1.807, 2.05) is 28.9 Å². The van der Waals surface area contributed by atoms with Crippen LogP contribution < -0.4 is 5.73 Å². The maximum absolute atomic E-state index is 5.86. The predicted molar refractivity (Wildman–Crippen MR) is 78.9 cm³/mol. The van der Waals surface area contributed by atoms with Crippen LogP contribution in [0.3, 0.4) is 0 Å². The van der Waals surface area contributed by atoms with E-state index in [-0.39, 0.29) is 0 Å². The number of hydrogen-bond donors (Lipinski definition) is 1. The van der Waals surface area contributed by atoms with Gasteiger partial charge in [-0.3, -0.25) is 0 Å². The second-order valence-electron chi connectivity index (χ2n) is 6.04. The van der Waals surface area contributed by atoms with E-state index < -0.39 is 0 Å². The molecule has 20 heavy (non-hydrogen) atoms. The summed E-state index contributed by atoms with van der Waals surface area (Å²) in [6.45, 7) is 4.62. The quantitative estimate of drug-likeness (QED) is 0.853. The molecule has 0 bridgehead atoms. The van der Waals surface area contributed by atoms with Gasteiger partial charge in [-0.05, 0) is 53.7 Å². The molecule has 5 heteroatoms. The van der Waals surface area contributed by atoms with Crippen LogP contribution in [0.15, 0.2) is 24.3 Å². The summed E-state index contributed by atoms with van der Waals surface area (Å²) in [6, 6.07) is 8.14. The van der Waals surface area contributed by atoms with Crippen molar-refractivity contribution in [1.82, 2.24) is 20.2 Å². The molecule has 1 heterocycles. The summed E-state index contributed by atoms with van der Waals surface area (Å²) in [7, 11) is 0. The minimum Gasteiger partial charge on any atom is -0.399 e. The Hall–Kier alpha value is -1.91. The van der Waals surface area contributed by atoms with E-state index in [1.165, 1.54) is 12.8 Å². The van der Waals surface area contributed by atoms with Gasteiger partial charge in [0.2, 0.25) is 0 Å². The van der Waals surface area contributed by atoms with Crippen LogP contribution in [0.5, 0.6) is 0 Å². The van der Waals surface area contributed by atoms with Gasteiger partial charge in [0.25, 0.3) is 0 Å². The van der Waals surface area contributed by atoms with Crippen molar-refractivity contribution in [2.45, 2.75) is 39.2 Å². The highest BCUT2D eigenvalue weighted by atomic mass is 15.5. The van der Waals surface area contributed by atoms with E-state index in [1.54, 1.807) is 0 Å². The monoisotopic (exact) mass is 271 g/mol. The Bertz CT molecular complexity index is 591. The molecule has 1 aromatic carbocycles. The maximum Gasteiger partial charge on any atom is 0.182 e. The van der Waals surface area contributed by atoms with E-state index in [0.717, 1.165) is 29.4 Å². The van der Waals surface area contributed by atoms with Gasteiger partial charge in [-0.15, -0.1) is 5.10 Å². The van der Waals surface area contributed by atoms with E-state index in [4.69, 9.17) is 5.73 Å². The number of benzene rings is 1. The van der Waals surface area contributed by atoms with Crippen molar-refractivity contribution in [2.75, 3.05) is 5.73 Å². The highest BCUT2D eigenvalue weighted by Gasteiger charge is 2.29. The van der Waals surface area contributed by atoms with Gasteiger partial charge in [0, 0.05) is 11.3 Å². The van der Waals surface area contributed by atoms with Crippen LogP contribution in [0.4, 0.5) is 5.69 Å². The summed E-state index contributed by atoms with van der Waals surface area (Å²) in [5.74, 6) is 2.22. The van der Waals surface area contributed by atoms with Crippen LogP contribution in [-0.2, 0) is 0 Å². The second-order valence-corrected chi connectivity index (χ2v) is 6.04. The Kier molecular flexibility index (Phi) is 3.42. The molecule has 1 fully saturated rings. The van der Waals surface area contributed by atoms with Gasteiger partial charge in [0.1, 0.15) is 0 Å². The SMILES string of the molecule is CC1CCC(n2nnnc2-c2cccc(N)c2)C(C)C1. The third-order valence-electron chi connectivity index (χ3n) is 4.34. The molecule has 1 aliphatic carbocycles. The zero-order valence-corrected chi connectivity index (χ0v) is 12.0. The number of nitrogens with two attached hydrogens (primary N) is 1. The zero-order valence-electron chi connectivity index (χ0n) is 12.0. The lowest BCUT2D eigenvalue weighted by atomic mass is 9.80. The van der Waals surface area contributed by atoms with Crippen LogP contribution in [0, 0.1) is 11.8 Å². The van der Waals surface area contributed by atoms with Crippen molar-refractivity contribution < 1.29 is 0 Å². The van der Waals surface area contributed by atoms with Crippen LogP contribution in [-0.4, -0.2) is 20.2 Å². The fraction of sp³-hybridized carbons (Fsp3) is 0.533. The van der Waals surface area contributed by atoms with Gasteiger partial charge in [-0.25, -0.2) is 4.68 Å². The molecule has 2 N–H and O–H groups in total. The third kappa shape index (κ3) is 2.40. The standard InChI is InChI=1S/C15H21N5/c1-10-6-7-14(11(2)8-10)20-15(17-18-19-20)12-4-3-5-13(16)9-12/h3-5,9-11,14H,6-8,16H2,1-2H3. The van der Waals surface area contributed by atoms with E-state index >= 15 is 0 Å². The van der Waals surface area contributed by atoms with Gasteiger partial charge < -0.3 is 5.73 Å². The number of nitrogens with zero attached hydrogens (tertiary/aromatic N) is 4. The number of rotatable bonds is 2. The average Bonchev–Trinajstić information content (AvgIpc) is 2.87. The number of anilines is 1. The van der Waals surface area contributed by atoms with Crippen LogP contribution in [0.1, 0.15) is 39.2 Å². The number of hydrogen-bond acceptors (Lipinski definition) is 4. The summed E-state index contributed by atoms with van der Waals surface area (Å²) < 4.78 is 1.99. The van der Waals surface area contributed by atoms with E-state index in [0.29, 0.717) is 12.0 Å². The average molecular weight is 271 g/mol.